The van der Waals surface area contributed by atoms with Crippen molar-refractivity contribution < 1.29 is 13.2 Å². The minimum Gasteiger partial charge on any atom is -0.354 e. The number of nitrogens with one attached hydrogen (secondary N) is 1. The van der Waals surface area contributed by atoms with E-state index in [2.05, 4.69) is 5.32 Å². The molecule has 0 bridgehead atoms. The zero-order chi connectivity index (χ0) is 23.3. The zero-order valence-electron chi connectivity index (χ0n) is 18.4. The van der Waals surface area contributed by atoms with E-state index in [0.717, 1.165) is 21.0 Å². The van der Waals surface area contributed by atoms with Crippen molar-refractivity contribution in [2.45, 2.75) is 31.6 Å². The van der Waals surface area contributed by atoms with Gasteiger partial charge >= 0.3 is 0 Å². The summed E-state index contributed by atoms with van der Waals surface area (Å²) < 4.78 is 28.0. The lowest BCUT2D eigenvalue weighted by molar-refractivity contribution is -0.119. The molecule has 0 fully saturated rings. The van der Waals surface area contributed by atoms with Crippen LogP contribution in [-0.4, -0.2) is 27.4 Å². The van der Waals surface area contributed by atoms with Crippen molar-refractivity contribution in [3.63, 3.8) is 0 Å². The first-order chi connectivity index (χ1) is 15.2. The second-order valence-electron chi connectivity index (χ2n) is 7.85. The van der Waals surface area contributed by atoms with E-state index in [1.165, 1.54) is 24.3 Å². The lowest BCUT2D eigenvalue weighted by atomic mass is 10.0. The van der Waals surface area contributed by atoms with Crippen molar-refractivity contribution in [2.24, 2.45) is 0 Å². The summed E-state index contributed by atoms with van der Waals surface area (Å²) >= 11 is 5.93. The van der Waals surface area contributed by atoms with Crippen LogP contribution in [0.5, 0.6) is 0 Å². The molecule has 5 nitrogen and oxygen atoms in total. The normalized spacial score (nSPS) is 12.2. The van der Waals surface area contributed by atoms with Gasteiger partial charge in [-0.05, 0) is 72.9 Å². The molecule has 0 saturated heterocycles. The van der Waals surface area contributed by atoms with Gasteiger partial charge in [-0.2, -0.15) is 0 Å². The van der Waals surface area contributed by atoms with Gasteiger partial charge in [0.25, 0.3) is 10.0 Å². The number of hydrogen-bond acceptors (Lipinski definition) is 3. The van der Waals surface area contributed by atoms with Crippen LogP contribution in [-0.2, 0) is 14.8 Å². The second-order valence-corrected chi connectivity index (χ2v) is 10.1. The summed E-state index contributed by atoms with van der Waals surface area (Å²) in [5, 5.41) is 3.31. The van der Waals surface area contributed by atoms with Crippen LogP contribution in [0.25, 0.3) is 0 Å². The van der Waals surface area contributed by atoms with Gasteiger partial charge in [-0.1, -0.05) is 54.9 Å². The molecule has 0 radical (unpaired) electrons. The molecule has 0 saturated carbocycles. The predicted octanol–water partition coefficient (Wildman–Crippen LogP) is 5.07. The molecule has 0 unspecified atom stereocenters. The molecule has 3 rings (SSSR count). The highest BCUT2D eigenvalue weighted by atomic mass is 35.5. The first-order valence-electron chi connectivity index (χ1n) is 10.4. The summed E-state index contributed by atoms with van der Waals surface area (Å²) in [6, 6.07) is 21.1. The maximum absolute atomic E-state index is 13.4. The molecule has 0 aliphatic rings. The Morgan fingerprint density at radius 3 is 2.25 bits per heavy atom. The van der Waals surface area contributed by atoms with Crippen molar-refractivity contribution in [2.75, 3.05) is 17.4 Å². The standard InChI is InChI=1S/C25H27ClN2O3S/c1-18-9-12-23(15-19(18)2)28(32(30,31)24-13-10-22(26)11-14-24)17-25(29)27-16-20(3)21-7-5-4-6-8-21/h4-15,20H,16-17H2,1-3H3,(H,27,29)/t20-/m0/s1. The molecule has 0 spiro atoms. The number of nitrogens with zero attached hydrogens (tertiary/aromatic N) is 1. The lowest BCUT2D eigenvalue weighted by Gasteiger charge is -2.25. The van der Waals surface area contributed by atoms with Crippen LogP contribution in [0.15, 0.2) is 77.7 Å². The summed E-state index contributed by atoms with van der Waals surface area (Å²) in [7, 11) is -3.97. The largest absolute Gasteiger partial charge is 0.354 e. The molecule has 3 aromatic carbocycles. The third-order valence-electron chi connectivity index (χ3n) is 5.44. The molecule has 0 heterocycles. The zero-order valence-corrected chi connectivity index (χ0v) is 20.0. The predicted molar refractivity (Wildman–Crippen MR) is 130 cm³/mol. The number of sulfonamides is 1. The molecular formula is C25H27ClN2O3S. The number of hydrogen-bond donors (Lipinski definition) is 1. The molecular weight excluding hydrogens is 444 g/mol. The van der Waals surface area contributed by atoms with Crippen molar-refractivity contribution in [1.82, 2.24) is 5.32 Å². The lowest BCUT2D eigenvalue weighted by Crippen LogP contribution is -2.41. The van der Waals surface area contributed by atoms with Gasteiger partial charge in [0.15, 0.2) is 0 Å². The number of carbonyl (C=O) groups excluding carboxylic acids is 1. The molecule has 1 atom stereocenters. The van der Waals surface area contributed by atoms with Crippen molar-refractivity contribution in [1.29, 1.82) is 0 Å². The molecule has 32 heavy (non-hydrogen) atoms. The fourth-order valence-corrected chi connectivity index (χ4v) is 4.82. The Hall–Kier alpha value is -2.83. The molecule has 168 valence electrons. The smallest absolute Gasteiger partial charge is 0.264 e. The van der Waals surface area contributed by atoms with Crippen LogP contribution in [0, 0.1) is 13.8 Å². The van der Waals surface area contributed by atoms with Crippen molar-refractivity contribution in [3.8, 4) is 0 Å². The highest BCUT2D eigenvalue weighted by molar-refractivity contribution is 7.92. The van der Waals surface area contributed by atoms with E-state index in [1.54, 1.807) is 12.1 Å². The van der Waals surface area contributed by atoms with Crippen molar-refractivity contribution >= 4 is 33.2 Å². The Bertz CT molecular complexity index is 1180. The Morgan fingerprint density at radius 1 is 0.969 bits per heavy atom. The Balaban J connectivity index is 1.84. The molecule has 7 heteroatoms. The highest BCUT2D eigenvalue weighted by Gasteiger charge is 2.27. The van der Waals surface area contributed by atoms with E-state index in [4.69, 9.17) is 11.6 Å². The summed E-state index contributed by atoms with van der Waals surface area (Å²) in [6.45, 7) is 5.96. The summed E-state index contributed by atoms with van der Waals surface area (Å²) in [6.07, 6.45) is 0. The van der Waals surface area contributed by atoms with Crippen LogP contribution in [0.1, 0.15) is 29.5 Å². The van der Waals surface area contributed by atoms with Gasteiger partial charge < -0.3 is 5.32 Å². The summed E-state index contributed by atoms with van der Waals surface area (Å²) in [5.41, 5.74) is 3.53. The minimum atomic E-state index is -3.97. The van der Waals surface area contributed by atoms with Crippen LogP contribution >= 0.6 is 11.6 Å². The maximum atomic E-state index is 13.4. The fourth-order valence-electron chi connectivity index (χ4n) is 3.28. The third-order valence-corrected chi connectivity index (χ3v) is 7.48. The van der Waals surface area contributed by atoms with Crippen LogP contribution < -0.4 is 9.62 Å². The van der Waals surface area contributed by atoms with Crippen LogP contribution in [0.3, 0.4) is 0 Å². The number of amides is 1. The second kappa shape index (κ2) is 10.2. The van der Waals surface area contributed by atoms with E-state index in [0.29, 0.717) is 17.3 Å². The van der Waals surface area contributed by atoms with Crippen LogP contribution in [0.4, 0.5) is 5.69 Å². The van der Waals surface area contributed by atoms with Gasteiger partial charge in [-0.25, -0.2) is 8.42 Å². The monoisotopic (exact) mass is 470 g/mol. The fraction of sp³-hybridized carbons (Fsp3) is 0.240. The minimum absolute atomic E-state index is 0.0746. The number of halogens is 1. The van der Waals surface area contributed by atoms with E-state index < -0.39 is 10.0 Å². The van der Waals surface area contributed by atoms with Gasteiger partial charge in [-0.15, -0.1) is 0 Å². The van der Waals surface area contributed by atoms with Crippen molar-refractivity contribution in [3.05, 3.63) is 94.5 Å². The summed E-state index contributed by atoms with van der Waals surface area (Å²) in [4.78, 5) is 12.9. The Labute approximate surface area is 195 Å². The van der Waals surface area contributed by atoms with E-state index in [1.807, 2.05) is 57.2 Å². The molecule has 3 aromatic rings. The van der Waals surface area contributed by atoms with Gasteiger partial charge in [-0.3, -0.25) is 9.10 Å². The van der Waals surface area contributed by atoms with Gasteiger partial charge in [0.1, 0.15) is 6.54 Å². The first-order valence-corrected chi connectivity index (χ1v) is 12.2. The number of carbonyl (C=O) groups is 1. The number of rotatable bonds is 8. The van der Waals surface area contributed by atoms with Gasteiger partial charge in [0.2, 0.25) is 5.91 Å². The third kappa shape index (κ3) is 5.69. The van der Waals surface area contributed by atoms with Crippen LogP contribution in [0.2, 0.25) is 5.02 Å². The molecule has 0 aliphatic carbocycles. The number of anilines is 1. The van der Waals surface area contributed by atoms with Gasteiger partial charge in [0, 0.05) is 11.6 Å². The van der Waals surface area contributed by atoms with E-state index in [-0.39, 0.29) is 23.3 Å². The maximum Gasteiger partial charge on any atom is 0.264 e. The summed E-state index contributed by atoms with van der Waals surface area (Å²) in [5.74, 6) is -0.272. The number of benzene rings is 3. The first kappa shape index (κ1) is 23.8. The number of aryl methyl sites for hydroxylation is 2. The topological polar surface area (TPSA) is 66.5 Å². The molecule has 1 amide bonds. The average molecular weight is 471 g/mol. The van der Waals surface area contributed by atoms with E-state index in [9.17, 15) is 13.2 Å². The Kier molecular flexibility index (Phi) is 7.59. The SMILES string of the molecule is Cc1ccc(N(CC(=O)NC[C@H](C)c2ccccc2)S(=O)(=O)c2ccc(Cl)cc2)cc1C. The quantitative estimate of drug-likeness (QED) is 0.499. The van der Waals surface area contributed by atoms with Gasteiger partial charge in [0.05, 0.1) is 10.6 Å². The highest BCUT2D eigenvalue weighted by Crippen LogP contribution is 2.26. The van der Waals surface area contributed by atoms with E-state index >= 15 is 0 Å². The molecule has 1 N–H and O–H groups in total. The average Bonchev–Trinajstić information content (AvgIpc) is 2.78. The molecule has 0 aliphatic heterocycles. The molecule has 0 aromatic heterocycles. The Morgan fingerprint density at radius 2 is 1.62 bits per heavy atom.